The summed E-state index contributed by atoms with van der Waals surface area (Å²) in [4.78, 5) is 16.0. The summed E-state index contributed by atoms with van der Waals surface area (Å²) in [5.74, 6) is -0.0647. The predicted octanol–water partition coefficient (Wildman–Crippen LogP) is 3.29. The lowest BCUT2D eigenvalue weighted by Crippen LogP contribution is -2.27. The molecule has 0 unspecified atom stereocenters. The fourth-order valence-corrected chi connectivity index (χ4v) is 2.25. The quantitative estimate of drug-likeness (QED) is 0.921. The lowest BCUT2D eigenvalue weighted by Gasteiger charge is -2.06. The van der Waals surface area contributed by atoms with E-state index in [2.05, 4.69) is 10.3 Å². The van der Waals surface area contributed by atoms with E-state index in [1.807, 2.05) is 18.2 Å². The zero-order valence-electron chi connectivity index (χ0n) is 10.8. The summed E-state index contributed by atoms with van der Waals surface area (Å²) in [5, 5.41) is 3.93. The van der Waals surface area contributed by atoms with Crippen LogP contribution in [0.2, 0.25) is 10.0 Å². The molecule has 1 amide bonds. The maximum absolute atomic E-state index is 11.8. The Morgan fingerprint density at radius 1 is 1.20 bits per heavy atom. The highest BCUT2D eigenvalue weighted by Gasteiger charge is 2.07. The lowest BCUT2D eigenvalue weighted by molar-refractivity contribution is -0.120. The van der Waals surface area contributed by atoms with Gasteiger partial charge in [0.05, 0.1) is 6.42 Å². The Hall–Kier alpha value is -1.58. The number of pyridine rings is 1. The standard InChI is InChI=1S/C15H14Cl2N2O/c16-12-5-4-11(14(17)10-12)9-15(20)19-8-6-13-3-1-2-7-18-13/h1-5,7,10H,6,8-9H2,(H,19,20). The molecule has 1 aromatic carbocycles. The highest BCUT2D eigenvalue weighted by molar-refractivity contribution is 6.35. The molecule has 0 saturated carbocycles. The van der Waals surface area contributed by atoms with Gasteiger partial charge in [0.25, 0.3) is 0 Å². The van der Waals surface area contributed by atoms with E-state index in [1.165, 1.54) is 0 Å². The van der Waals surface area contributed by atoms with Crippen LogP contribution in [0, 0.1) is 0 Å². The average molecular weight is 309 g/mol. The number of nitrogens with one attached hydrogen (secondary N) is 1. The summed E-state index contributed by atoms with van der Waals surface area (Å²) in [6.45, 7) is 0.557. The summed E-state index contributed by atoms with van der Waals surface area (Å²) < 4.78 is 0. The van der Waals surface area contributed by atoms with Crippen molar-refractivity contribution in [1.82, 2.24) is 10.3 Å². The maximum atomic E-state index is 11.8. The van der Waals surface area contributed by atoms with Gasteiger partial charge in [0.15, 0.2) is 0 Å². The number of amides is 1. The minimum atomic E-state index is -0.0647. The molecule has 0 fully saturated rings. The van der Waals surface area contributed by atoms with Crippen molar-refractivity contribution >= 4 is 29.1 Å². The first-order chi connectivity index (χ1) is 9.65. The van der Waals surface area contributed by atoms with Crippen LogP contribution in [0.5, 0.6) is 0 Å². The van der Waals surface area contributed by atoms with Crippen LogP contribution < -0.4 is 5.32 Å². The van der Waals surface area contributed by atoms with Crippen molar-refractivity contribution in [2.24, 2.45) is 0 Å². The van der Waals surface area contributed by atoms with E-state index in [0.29, 0.717) is 23.0 Å². The van der Waals surface area contributed by atoms with Gasteiger partial charge < -0.3 is 5.32 Å². The Labute approximate surface area is 127 Å². The number of carbonyl (C=O) groups is 1. The van der Waals surface area contributed by atoms with E-state index < -0.39 is 0 Å². The number of hydrogen-bond donors (Lipinski definition) is 1. The van der Waals surface area contributed by atoms with E-state index in [-0.39, 0.29) is 12.3 Å². The molecular weight excluding hydrogens is 295 g/mol. The van der Waals surface area contributed by atoms with Crippen LogP contribution in [-0.2, 0) is 17.6 Å². The summed E-state index contributed by atoms with van der Waals surface area (Å²) in [6, 6.07) is 10.9. The summed E-state index contributed by atoms with van der Waals surface area (Å²) >= 11 is 11.8. The molecule has 20 heavy (non-hydrogen) atoms. The van der Waals surface area contributed by atoms with Crippen molar-refractivity contribution in [3.63, 3.8) is 0 Å². The number of aromatic nitrogens is 1. The first-order valence-corrected chi connectivity index (χ1v) is 7.01. The summed E-state index contributed by atoms with van der Waals surface area (Å²) in [5.41, 5.74) is 1.73. The van der Waals surface area contributed by atoms with Gasteiger partial charge in [0.2, 0.25) is 5.91 Å². The Kier molecular flexibility index (Phi) is 5.39. The molecule has 104 valence electrons. The maximum Gasteiger partial charge on any atom is 0.224 e. The minimum Gasteiger partial charge on any atom is -0.355 e. The number of nitrogens with zero attached hydrogens (tertiary/aromatic N) is 1. The Morgan fingerprint density at radius 3 is 2.75 bits per heavy atom. The molecular formula is C15H14Cl2N2O. The van der Waals surface area contributed by atoms with E-state index in [4.69, 9.17) is 23.2 Å². The number of hydrogen-bond acceptors (Lipinski definition) is 2. The molecule has 0 aliphatic heterocycles. The van der Waals surface area contributed by atoms with Gasteiger partial charge >= 0.3 is 0 Å². The molecule has 0 bridgehead atoms. The lowest BCUT2D eigenvalue weighted by atomic mass is 10.1. The van der Waals surface area contributed by atoms with Gasteiger partial charge in [-0.1, -0.05) is 35.3 Å². The van der Waals surface area contributed by atoms with Gasteiger partial charge in [-0.25, -0.2) is 0 Å². The molecule has 0 spiro atoms. The predicted molar refractivity (Wildman–Crippen MR) is 81.1 cm³/mol. The van der Waals surface area contributed by atoms with Crippen LogP contribution in [0.4, 0.5) is 0 Å². The van der Waals surface area contributed by atoms with Crippen molar-refractivity contribution in [2.75, 3.05) is 6.54 Å². The Morgan fingerprint density at radius 2 is 2.05 bits per heavy atom. The molecule has 0 atom stereocenters. The van der Waals surface area contributed by atoms with Crippen molar-refractivity contribution in [1.29, 1.82) is 0 Å². The molecule has 5 heteroatoms. The van der Waals surface area contributed by atoms with Crippen molar-refractivity contribution in [3.8, 4) is 0 Å². The number of rotatable bonds is 5. The molecule has 0 radical (unpaired) electrons. The SMILES string of the molecule is O=C(Cc1ccc(Cl)cc1Cl)NCCc1ccccn1. The molecule has 2 aromatic rings. The fourth-order valence-electron chi connectivity index (χ4n) is 1.78. The normalized spacial score (nSPS) is 10.3. The van der Waals surface area contributed by atoms with Crippen molar-refractivity contribution in [3.05, 3.63) is 63.9 Å². The van der Waals surface area contributed by atoms with Gasteiger partial charge in [0, 0.05) is 34.9 Å². The first-order valence-electron chi connectivity index (χ1n) is 6.25. The van der Waals surface area contributed by atoms with Crippen LogP contribution in [0.25, 0.3) is 0 Å². The zero-order chi connectivity index (χ0) is 14.4. The topological polar surface area (TPSA) is 42.0 Å². The zero-order valence-corrected chi connectivity index (χ0v) is 12.3. The van der Waals surface area contributed by atoms with Gasteiger partial charge in [0.1, 0.15) is 0 Å². The second-order valence-corrected chi connectivity index (χ2v) is 5.18. The van der Waals surface area contributed by atoms with Gasteiger partial charge in [-0.15, -0.1) is 0 Å². The van der Waals surface area contributed by atoms with E-state index in [9.17, 15) is 4.79 Å². The fraction of sp³-hybridized carbons (Fsp3) is 0.200. The van der Waals surface area contributed by atoms with E-state index in [1.54, 1.807) is 24.4 Å². The van der Waals surface area contributed by atoms with Crippen LogP contribution in [0.3, 0.4) is 0 Å². The van der Waals surface area contributed by atoms with E-state index >= 15 is 0 Å². The van der Waals surface area contributed by atoms with E-state index in [0.717, 1.165) is 11.3 Å². The molecule has 1 N–H and O–H groups in total. The second kappa shape index (κ2) is 7.27. The van der Waals surface area contributed by atoms with Crippen LogP contribution >= 0.6 is 23.2 Å². The third kappa shape index (κ3) is 4.51. The van der Waals surface area contributed by atoms with Crippen LogP contribution in [0.1, 0.15) is 11.3 Å². The number of benzene rings is 1. The molecule has 0 aliphatic carbocycles. The number of halogens is 2. The largest absolute Gasteiger partial charge is 0.355 e. The van der Waals surface area contributed by atoms with Gasteiger partial charge in [-0.3, -0.25) is 9.78 Å². The Balaban J connectivity index is 1.81. The average Bonchev–Trinajstić information content (AvgIpc) is 2.43. The molecule has 0 aliphatic rings. The van der Waals surface area contributed by atoms with Crippen molar-refractivity contribution < 1.29 is 4.79 Å². The third-order valence-corrected chi connectivity index (χ3v) is 3.38. The third-order valence-electron chi connectivity index (χ3n) is 2.80. The molecule has 1 heterocycles. The molecule has 2 rings (SSSR count). The van der Waals surface area contributed by atoms with Gasteiger partial charge in [-0.05, 0) is 29.8 Å². The summed E-state index contributed by atoms with van der Waals surface area (Å²) in [6.07, 6.45) is 2.70. The Bertz CT molecular complexity index is 588. The van der Waals surface area contributed by atoms with Crippen LogP contribution in [-0.4, -0.2) is 17.4 Å². The molecule has 1 aromatic heterocycles. The van der Waals surface area contributed by atoms with Crippen LogP contribution in [0.15, 0.2) is 42.6 Å². The number of carbonyl (C=O) groups excluding carboxylic acids is 1. The smallest absolute Gasteiger partial charge is 0.224 e. The first kappa shape index (κ1) is 14.8. The molecule has 3 nitrogen and oxygen atoms in total. The minimum absolute atomic E-state index is 0.0647. The molecule has 0 saturated heterocycles. The second-order valence-electron chi connectivity index (χ2n) is 4.33. The monoisotopic (exact) mass is 308 g/mol. The summed E-state index contributed by atoms with van der Waals surface area (Å²) in [7, 11) is 0. The van der Waals surface area contributed by atoms with Crippen molar-refractivity contribution in [2.45, 2.75) is 12.8 Å². The highest BCUT2D eigenvalue weighted by Crippen LogP contribution is 2.21. The highest BCUT2D eigenvalue weighted by atomic mass is 35.5. The van der Waals surface area contributed by atoms with Gasteiger partial charge in [-0.2, -0.15) is 0 Å².